The molecule has 1 aliphatic carbocycles. The van der Waals surface area contributed by atoms with E-state index in [1.165, 1.54) is 12.8 Å². The lowest BCUT2D eigenvalue weighted by molar-refractivity contribution is 0.172. The van der Waals surface area contributed by atoms with Crippen molar-refractivity contribution in [3.63, 3.8) is 0 Å². The van der Waals surface area contributed by atoms with E-state index >= 15 is 0 Å². The van der Waals surface area contributed by atoms with Crippen LogP contribution in [0, 0.1) is 17.3 Å². The molecule has 0 radical (unpaired) electrons. The predicted octanol–water partition coefficient (Wildman–Crippen LogP) is 1.66. The molecule has 0 bridgehead atoms. The highest BCUT2D eigenvalue weighted by Gasteiger charge is 2.51. The Morgan fingerprint density at radius 2 is 2.15 bits per heavy atom. The summed E-state index contributed by atoms with van der Waals surface area (Å²) in [6, 6.07) is 0.692. The molecular formula is C11H21NO. The molecule has 2 fully saturated rings. The van der Waals surface area contributed by atoms with Crippen molar-refractivity contribution in [2.24, 2.45) is 17.3 Å². The Labute approximate surface area is 81.0 Å². The molecule has 1 saturated carbocycles. The molecule has 3 atom stereocenters. The van der Waals surface area contributed by atoms with Gasteiger partial charge in [0.05, 0.1) is 6.61 Å². The van der Waals surface area contributed by atoms with Gasteiger partial charge in [0.2, 0.25) is 0 Å². The maximum absolute atomic E-state index is 5.45. The van der Waals surface area contributed by atoms with Crippen molar-refractivity contribution in [2.45, 2.75) is 32.7 Å². The first-order chi connectivity index (χ1) is 6.15. The van der Waals surface area contributed by atoms with E-state index in [9.17, 15) is 0 Å². The summed E-state index contributed by atoms with van der Waals surface area (Å²) in [5.41, 5.74) is 0.580. The molecule has 3 unspecified atom stereocenters. The van der Waals surface area contributed by atoms with Crippen LogP contribution in [0.3, 0.4) is 0 Å². The Morgan fingerprint density at radius 1 is 1.46 bits per heavy atom. The highest BCUT2D eigenvalue weighted by atomic mass is 16.5. The zero-order valence-electron chi connectivity index (χ0n) is 8.97. The maximum atomic E-state index is 5.45. The number of ether oxygens (including phenoxy) is 1. The third-order valence-corrected chi connectivity index (χ3v) is 3.83. The zero-order chi connectivity index (χ0) is 9.47. The van der Waals surface area contributed by atoms with Gasteiger partial charge in [0.15, 0.2) is 0 Å². The van der Waals surface area contributed by atoms with E-state index in [1.54, 1.807) is 0 Å². The van der Waals surface area contributed by atoms with Crippen molar-refractivity contribution in [3.05, 3.63) is 0 Å². The van der Waals surface area contributed by atoms with Crippen LogP contribution in [0.4, 0.5) is 0 Å². The van der Waals surface area contributed by atoms with Crippen molar-refractivity contribution < 1.29 is 4.74 Å². The van der Waals surface area contributed by atoms with Crippen LogP contribution < -0.4 is 5.32 Å². The van der Waals surface area contributed by atoms with Crippen molar-refractivity contribution >= 4 is 0 Å². The molecule has 0 amide bonds. The minimum atomic E-state index is 0.580. The van der Waals surface area contributed by atoms with E-state index in [-0.39, 0.29) is 0 Å². The van der Waals surface area contributed by atoms with Crippen molar-refractivity contribution in [1.29, 1.82) is 0 Å². The minimum absolute atomic E-state index is 0.580. The van der Waals surface area contributed by atoms with Crippen LogP contribution in [-0.4, -0.2) is 26.3 Å². The Kier molecular flexibility index (Phi) is 2.37. The molecule has 2 heteroatoms. The molecule has 0 aromatic carbocycles. The highest BCUT2D eigenvalue weighted by Crippen LogP contribution is 2.55. The number of rotatable bonds is 3. The summed E-state index contributed by atoms with van der Waals surface area (Å²) >= 11 is 0. The van der Waals surface area contributed by atoms with Gasteiger partial charge in [-0.1, -0.05) is 13.8 Å². The van der Waals surface area contributed by atoms with Crippen molar-refractivity contribution in [2.75, 3.05) is 20.3 Å². The number of hydrogen-bond acceptors (Lipinski definition) is 2. The van der Waals surface area contributed by atoms with E-state index in [0.717, 1.165) is 25.0 Å². The summed E-state index contributed by atoms with van der Waals surface area (Å²) in [5, 5.41) is 3.48. The Balaban J connectivity index is 1.94. The van der Waals surface area contributed by atoms with Crippen LogP contribution in [0.25, 0.3) is 0 Å². The largest absolute Gasteiger partial charge is 0.381 e. The van der Waals surface area contributed by atoms with Gasteiger partial charge in [-0.2, -0.15) is 0 Å². The summed E-state index contributed by atoms with van der Waals surface area (Å²) in [4.78, 5) is 0. The van der Waals surface area contributed by atoms with Gasteiger partial charge in [0.1, 0.15) is 0 Å². The third kappa shape index (κ3) is 1.75. The molecule has 2 rings (SSSR count). The van der Waals surface area contributed by atoms with Crippen molar-refractivity contribution in [1.82, 2.24) is 5.32 Å². The lowest BCUT2D eigenvalue weighted by atomic mass is 9.91. The molecule has 0 spiro atoms. The Hall–Kier alpha value is -0.0800. The maximum Gasteiger partial charge on any atom is 0.0510 e. The molecule has 1 N–H and O–H groups in total. The van der Waals surface area contributed by atoms with Gasteiger partial charge < -0.3 is 10.1 Å². The first kappa shape index (κ1) is 9.47. The molecule has 1 aliphatic heterocycles. The monoisotopic (exact) mass is 183 g/mol. The molecule has 2 nitrogen and oxygen atoms in total. The summed E-state index contributed by atoms with van der Waals surface area (Å²) in [6.45, 7) is 6.68. The second-order valence-corrected chi connectivity index (χ2v) is 5.24. The normalized spacial score (nSPS) is 39.0. The lowest BCUT2D eigenvalue weighted by Gasteiger charge is -2.23. The van der Waals surface area contributed by atoms with Gasteiger partial charge in [-0.3, -0.25) is 0 Å². The van der Waals surface area contributed by atoms with Gasteiger partial charge in [-0.05, 0) is 31.2 Å². The van der Waals surface area contributed by atoms with E-state index in [2.05, 4.69) is 26.2 Å². The molecule has 0 aromatic rings. The molecule has 1 saturated heterocycles. The quantitative estimate of drug-likeness (QED) is 0.718. The molecule has 0 aromatic heterocycles. The van der Waals surface area contributed by atoms with Gasteiger partial charge >= 0.3 is 0 Å². The lowest BCUT2D eigenvalue weighted by Crippen LogP contribution is -2.37. The van der Waals surface area contributed by atoms with E-state index in [0.29, 0.717) is 11.5 Å². The number of hydrogen-bond donors (Lipinski definition) is 1. The van der Waals surface area contributed by atoms with Crippen LogP contribution in [0.1, 0.15) is 26.7 Å². The van der Waals surface area contributed by atoms with Gasteiger partial charge in [-0.15, -0.1) is 0 Å². The fraction of sp³-hybridized carbons (Fsp3) is 1.00. The standard InChI is InChI=1S/C11H21NO/c1-11(2)6-9(11)10(12-3)8-4-5-13-7-8/h8-10,12H,4-7H2,1-3H3. The molecule has 76 valence electrons. The second kappa shape index (κ2) is 3.25. The summed E-state index contributed by atoms with van der Waals surface area (Å²) < 4.78 is 5.45. The highest BCUT2D eigenvalue weighted by molar-refractivity contribution is 5.03. The van der Waals surface area contributed by atoms with Crippen LogP contribution >= 0.6 is 0 Å². The smallest absolute Gasteiger partial charge is 0.0510 e. The molecule has 2 aliphatic rings. The van der Waals surface area contributed by atoms with Gasteiger partial charge in [-0.25, -0.2) is 0 Å². The fourth-order valence-corrected chi connectivity index (χ4v) is 2.72. The zero-order valence-corrected chi connectivity index (χ0v) is 8.97. The SMILES string of the molecule is CNC(C1CCOC1)C1CC1(C)C. The minimum Gasteiger partial charge on any atom is -0.381 e. The fourth-order valence-electron chi connectivity index (χ4n) is 2.72. The molecule has 13 heavy (non-hydrogen) atoms. The molecule has 1 heterocycles. The van der Waals surface area contributed by atoms with E-state index in [4.69, 9.17) is 4.74 Å². The average Bonchev–Trinajstić information content (AvgIpc) is 2.55. The average molecular weight is 183 g/mol. The van der Waals surface area contributed by atoms with Crippen LogP contribution in [-0.2, 0) is 4.74 Å². The van der Waals surface area contributed by atoms with Crippen LogP contribution in [0.5, 0.6) is 0 Å². The van der Waals surface area contributed by atoms with Crippen molar-refractivity contribution in [3.8, 4) is 0 Å². The molecular weight excluding hydrogens is 162 g/mol. The van der Waals surface area contributed by atoms with Crippen LogP contribution in [0.15, 0.2) is 0 Å². The van der Waals surface area contributed by atoms with E-state index < -0.39 is 0 Å². The van der Waals surface area contributed by atoms with Gasteiger partial charge in [0.25, 0.3) is 0 Å². The third-order valence-electron chi connectivity index (χ3n) is 3.83. The summed E-state index contributed by atoms with van der Waals surface area (Å²) in [6.07, 6.45) is 2.63. The first-order valence-electron chi connectivity index (χ1n) is 5.40. The predicted molar refractivity (Wildman–Crippen MR) is 53.7 cm³/mol. The topological polar surface area (TPSA) is 21.3 Å². The van der Waals surface area contributed by atoms with Gasteiger partial charge in [0, 0.05) is 18.6 Å². The summed E-state index contributed by atoms with van der Waals surface area (Å²) in [7, 11) is 2.09. The Morgan fingerprint density at radius 3 is 2.54 bits per heavy atom. The van der Waals surface area contributed by atoms with E-state index in [1.807, 2.05) is 0 Å². The second-order valence-electron chi connectivity index (χ2n) is 5.24. The van der Waals surface area contributed by atoms with Crippen LogP contribution in [0.2, 0.25) is 0 Å². The summed E-state index contributed by atoms with van der Waals surface area (Å²) in [5.74, 6) is 1.64. The number of nitrogens with one attached hydrogen (secondary N) is 1. The first-order valence-corrected chi connectivity index (χ1v) is 5.40. The Bertz CT molecular complexity index is 180.